The molecule has 0 unspecified atom stereocenters. The molecule has 1 aromatic heterocycles. The topological polar surface area (TPSA) is 67.8 Å². The van der Waals surface area contributed by atoms with E-state index in [9.17, 15) is 4.79 Å². The molecule has 2 aliphatic rings. The highest BCUT2D eigenvalue weighted by Crippen LogP contribution is 2.39. The molecule has 7 heteroatoms. The lowest BCUT2D eigenvalue weighted by molar-refractivity contribution is 0.0292. The van der Waals surface area contributed by atoms with Gasteiger partial charge in [-0.1, -0.05) is 0 Å². The number of carbonyl (C=O) groups is 1. The maximum Gasteiger partial charge on any atom is 0.264 e. The minimum atomic E-state index is -0.115. The second kappa shape index (κ2) is 5.14. The molecule has 3 rings (SSSR count). The summed E-state index contributed by atoms with van der Waals surface area (Å²) in [4.78, 5) is 24.9. The van der Waals surface area contributed by atoms with Crippen LogP contribution >= 0.6 is 0 Å². The molecule has 1 amide bonds. The third-order valence-corrected chi connectivity index (χ3v) is 4.31. The van der Waals surface area contributed by atoms with Gasteiger partial charge in [0.25, 0.3) is 5.91 Å². The molecule has 114 valence electrons. The summed E-state index contributed by atoms with van der Waals surface area (Å²) in [6.45, 7) is 3.64. The van der Waals surface area contributed by atoms with Crippen LogP contribution in [0.1, 0.15) is 16.8 Å². The van der Waals surface area contributed by atoms with Gasteiger partial charge in [0.05, 0.1) is 14.2 Å². The predicted octanol–water partition coefficient (Wildman–Crippen LogP) is 0.271. The van der Waals surface area contributed by atoms with Gasteiger partial charge in [0.15, 0.2) is 5.56 Å². The van der Waals surface area contributed by atoms with Crippen LogP contribution < -0.4 is 9.47 Å². The Balaban J connectivity index is 1.83. The van der Waals surface area contributed by atoms with Gasteiger partial charge in [-0.2, -0.15) is 0 Å². The Morgan fingerprint density at radius 2 is 1.81 bits per heavy atom. The van der Waals surface area contributed by atoms with Crippen LogP contribution in [0, 0.1) is 5.41 Å². The summed E-state index contributed by atoms with van der Waals surface area (Å²) in [5.74, 6) is 0.410. The molecular weight excluding hydrogens is 272 g/mol. The van der Waals surface area contributed by atoms with E-state index in [0.29, 0.717) is 5.56 Å². The third kappa shape index (κ3) is 2.31. The molecule has 2 aliphatic heterocycles. The van der Waals surface area contributed by atoms with Crippen molar-refractivity contribution >= 4 is 5.91 Å². The van der Waals surface area contributed by atoms with Crippen molar-refractivity contribution in [1.82, 2.24) is 19.8 Å². The van der Waals surface area contributed by atoms with E-state index in [2.05, 4.69) is 21.9 Å². The smallest absolute Gasteiger partial charge is 0.264 e. The summed E-state index contributed by atoms with van der Waals surface area (Å²) in [5, 5.41) is 0. The first-order valence-corrected chi connectivity index (χ1v) is 6.99. The number of likely N-dealkylation sites (tertiary alicyclic amines) is 2. The molecule has 0 bridgehead atoms. The molecule has 3 heterocycles. The molecule has 0 atom stereocenters. The lowest BCUT2D eigenvalue weighted by Gasteiger charge is -2.46. The van der Waals surface area contributed by atoms with Crippen LogP contribution in [-0.4, -0.2) is 73.1 Å². The van der Waals surface area contributed by atoms with Gasteiger partial charge < -0.3 is 19.3 Å². The summed E-state index contributed by atoms with van der Waals surface area (Å²) >= 11 is 0. The number of rotatable bonds is 3. The number of amides is 1. The fraction of sp³-hybridized carbons (Fsp3) is 0.643. The van der Waals surface area contributed by atoms with Crippen LogP contribution in [0.25, 0.3) is 0 Å². The highest BCUT2D eigenvalue weighted by Gasteiger charge is 2.47. The average Bonchev–Trinajstić information content (AvgIpc) is 2.90. The van der Waals surface area contributed by atoms with Crippen LogP contribution in [-0.2, 0) is 0 Å². The molecule has 2 fully saturated rings. The van der Waals surface area contributed by atoms with E-state index in [1.807, 2.05) is 4.90 Å². The van der Waals surface area contributed by atoms with Crippen LogP contribution in [0.5, 0.6) is 11.8 Å². The highest BCUT2D eigenvalue weighted by atomic mass is 16.5. The van der Waals surface area contributed by atoms with Crippen LogP contribution in [0.4, 0.5) is 0 Å². The standard InChI is InChI=1S/C14H20N4O3/c1-17-6-14(7-17)4-5-18(8-14)13(19)10-11(20-2)15-9-16-12(10)21-3/h9H,4-8H2,1-3H3. The Morgan fingerprint density at radius 3 is 2.33 bits per heavy atom. The Kier molecular flexibility index (Phi) is 3.44. The number of nitrogens with zero attached hydrogens (tertiary/aromatic N) is 4. The monoisotopic (exact) mass is 292 g/mol. The van der Waals surface area contributed by atoms with Crippen molar-refractivity contribution in [3.05, 3.63) is 11.9 Å². The van der Waals surface area contributed by atoms with Crippen LogP contribution in [0.3, 0.4) is 0 Å². The number of hydrogen-bond donors (Lipinski definition) is 0. The molecule has 1 aromatic rings. The third-order valence-electron chi connectivity index (χ3n) is 4.31. The fourth-order valence-electron chi connectivity index (χ4n) is 3.47. The lowest BCUT2D eigenvalue weighted by atomic mass is 9.79. The van der Waals surface area contributed by atoms with Crippen molar-refractivity contribution < 1.29 is 14.3 Å². The summed E-state index contributed by atoms with van der Waals surface area (Å²) in [7, 11) is 5.09. The fourth-order valence-corrected chi connectivity index (χ4v) is 3.47. The predicted molar refractivity (Wildman–Crippen MR) is 75.6 cm³/mol. The van der Waals surface area contributed by atoms with Gasteiger partial charge in [0.1, 0.15) is 6.33 Å². The van der Waals surface area contributed by atoms with Crippen molar-refractivity contribution in [2.45, 2.75) is 6.42 Å². The highest BCUT2D eigenvalue weighted by molar-refractivity contribution is 5.98. The van der Waals surface area contributed by atoms with Gasteiger partial charge >= 0.3 is 0 Å². The number of carbonyl (C=O) groups excluding carboxylic acids is 1. The Morgan fingerprint density at radius 1 is 1.19 bits per heavy atom. The lowest BCUT2D eigenvalue weighted by Crippen LogP contribution is -2.55. The molecule has 0 aliphatic carbocycles. The number of ether oxygens (including phenoxy) is 2. The van der Waals surface area contributed by atoms with Gasteiger partial charge in [-0.3, -0.25) is 4.79 Å². The first-order chi connectivity index (χ1) is 10.1. The van der Waals surface area contributed by atoms with Gasteiger partial charge in [-0.25, -0.2) is 9.97 Å². The normalized spacial score (nSPS) is 20.4. The van der Waals surface area contributed by atoms with E-state index in [4.69, 9.17) is 9.47 Å². The van der Waals surface area contributed by atoms with E-state index >= 15 is 0 Å². The molecule has 1 spiro atoms. The van der Waals surface area contributed by atoms with Gasteiger partial charge in [-0.05, 0) is 13.5 Å². The molecule has 0 aromatic carbocycles. The molecular formula is C14H20N4O3. The number of hydrogen-bond acceptors (Lipinski definition) is 6. The zero-order chi connectivity index (χ0) is 15.0. The molecule has 0 saturated carbocycles. The van der Waals surface area contributed by atoms with Gasteiger partial charge in [0.2, 0.25) is 11.8 Å². The Labute approximate surface area is 123 Å². The average molecular weight is 292 g/mol. The second-order valence-electron chi connectivity index (χ2n) is 5.92. The first kappa shape index (κ1) is 14.1. The van der Waals surface area contributed by atoms with E-state index in [1.165, 1.54) is 20.5 Å². The van der Waals surface area contributed by atoms with Crippen LogP contribution in [0.2, 0.25) is 0 Å². The van der Waals surface area contributed by atoms with Crippen LogP contribution in [0.15, 0.2) is 6.33 Å². The molecule has 0 radical (unpaired) electrons. The Hall–Kier alpha value is -1.89. The Bertz CT molecular complexity index is 535. The van der Waals surface area contributed by atoms with Crippen molar-refractivity contribution in [2.75, 3.05) is 47.4 Å². The summed E-state index contributed by atoms with van der Waals surface area (Å²) in [6.07, 6.45) is 2.38. The molecule has 0 N–H and O–H groups in total. The molecule has 7 nitrogen and oxygen atoms in total. The summed E-state index contributed by atoms with van der Waals surface area (Å²) in [6, 6.07) is 0. The maximum atomic E-state index is 12.8. The van der Waals surface area contributed by atoms with E-state index in [0.717, 1.165) is 32.6 Å². The largest absolute Gasteiger partial charge is 0.480 e. The van der Waals surface area contributed by atoms with Crippen molar-refractivity contribution in [3.63, 3.8) is 0 Å². The van der Waals surface area contributed by atoms with E-state index in [1.54, 1.807) is 0 Å². The zero-order valence-electron chi connectivity index (χ0n) is 12.6. The zero-order valence-corrected chi connectivity index (χ0v) is 12.6. The molecule has 2 saturated heterocycles. The minimum absolute atomic E-state index is 0.115. The van der Waals surface area contributed by atoms with Gasteiger partial charge in [0, 0.05) is 31.6 Å². The van der Waals surface area contributed by atoms with Gasteiger partial charge in [-0.15, -0.1) is 0 Å². The number of methoxy groups -OCH3 is 2. The molecule has 21 heavy (non-hydrogen) atoms. The quantitative estimate of drug-likeness (QED) is 0.797. The van der Waals surface area contributed by atoms with E-state index < -0.39 is 0 Å². The van der Waals surface area contributed by atoms with Crippen molar-refractivity contribution in [2.24, 2.45) is 5.41 Å². The first-order valence-electron chi connectivity index (χ1n) is 6.99. The summed E-state index contributed by atoms with van der Waals surface area (Å²) in [5.41, 5.74) is 0.577. The van der Waals surface area contributed by atoms with Crippen molar-refractivity contribution in [3.8, 4) is 11.8 Å². The maximum absolute atomic E-state index is 12.8. The minimum Gasteiger partial charge on any atom is -0.480 e. The summed E-state index contributed by atoms with van der Waals surface area (Å²) < 4.78 is 10.4. The van der Waals surface area contributed by atoms with Crippen molar-refractivity contribution in [1.29, 1.82) is 0 Å². The SMILES string of the molecule is COc1ncnc(OC)c1C(=O)N1CCC2(CN(C)C2)C1. The van der Waals surface area contributed by atoms with E-state index in [-0.39, 0.29) is 23.1 Å². The second-order valence-corrected chi connectivity index (χ2v) is 5.92. The number of aromatic nitrogens is 2.